The SMILES string of the molecule is CCOC(=O)C(c1ccccc1)c1nc2ccccc2c2ccccc12. The van der Waals surface area contributed by atoms with Gasteiger partial charge in [0.1, 0.15) is 5.92 Å². The summed E-state index contributed by atoms with van der Waals surface area (Å²) in [5.41, 5.74) is 2.51. The second-order valence-corrected chi connectivity index (χ2v) is 6.16. The first-order chi connectivity index (χ1) is 12.8. The maximum atomic E-state index is 12.9. The van der Waals surface area contributed by atoms with E-state index in [1.165, 1.54) is 0 Å². The highest BCUT2D eigenvalue weighted by molar-refractivity contribution is 6.08. The molecule has 0 aliphatic carbocycles. The highest BCUT2D eigenvalue weighted by Crippen LogP contribution is 2.34. The number of hydrogen-bond acceptors (Lipinski definition) is 3. The first-order valence-corrected chi connectivity index (χ1v) is 8.78. The number of nitrogens with zero attached hydrogens (tertiary/aromatic N) is 1. The number of aromatic nitrogens is 1. The fourth-order valence-corrected chi connectivity index (χ4v) is 3.43. The minimum Gasteiger partial charge on any atom is -0.465 e. The number of carbonyl (C=O) groups excluding carboxylic acids is 1. The maximum absolute atomic E-state index is 12.9. The third-order valence-electron chi connectivity index (χ3n) is 4.57. The van der Waals surface area contributed by atoms with E-state index in [4.69, 9.17) is 9.72 Å². The van der Waals surface area contributed by atoms with E-state index in [9.17, 15) is 4.79 Å². The minimum atomic E-state index is -0.550. The molecule has 3 heteroatoms. The van der Waals surface area contributed by atoms with Crippen molar-refractivity contribution in [2.75, 3.05) is 6.61 Å². The smallest absolute Gasteiger partial charge is 0.319 e. The van der Waals surface area contributed by atoms with Crippen LogP contribution in [-0.2, 0) is 9.53 Å². The third kappa shape index (κ3) is 2.82. The standard InChI is InChI=1S/C23H19NO2/c1-2-26-23(25)21(16-10-4-3-5-11-16)22-19-14-7-6-12-17(19)18-13-8-9-15-20(18)24-22/h3-15,21H,2H2,1H3. The largest absolute Gasteiger partial charge is 0.465 e. The zero-order chi connectivity index (χ0) is 17.9. The lowest BCUT2D eigenvalue weighted by Gasteiger charge is -2.18. The van der Waals surface area contributed by atoms with Gasteiger partial charge in [0, 0.05) is 10.8 Å². The van der Waals surface area contributed by atoms with Crippen molar-refractivity contribution in [1.29, 1.82) is 0 Å². The van der Waals surface area contributed by atoms with E-state index < -0.39 is 5.92 Å². The molecule has 3 nitrogen and oxygen atoms in total. The number of rotatable bonds is 4. The Morgan fingerprint density at radius 1 is 0.846 bits per heavy atom. The van der Waals surface area contributed by atoms with Gasteiger partial charge in [0.15, 0.2) is 0 Å². The van der Waals surface area contributed by atoms with Crippen molar-refractivity contribution in [3.05, 3.63) is 90.1 Å². The summed E-state index contributed by atoms with van der Waals surface area (Å²) in [6.45, 7) is 2.17. The number of fused-ring (bicyclic) bond motifs is 3. The number of benzene rings is 3. The van der Waals surface area contributed by atoms with Gasteiger partial charge in [0.2, 0.25) is 0 Å². The van der Waals surface area contributed by atoms with Crippen molar-refractivity contribution in [1.82, 2.24) is 4.98 Å². The molecule has 0 saturated carbocycles. The van der Waals surface area contributed by atoms with Gasteiger partial charge in [0.25, 0.3) is 0 Å². The van der Waals surface area contributed by atoms with Crippen LogP contribution < -0.4 is 0 Å². The average molecular weight is 341 g/mol. The minimum absolute atomic E-state index is 0.272. The average Bonchev–Trinajstić information content (AvgIpc) is 2.69. The topological polar surface area (TPSA) is 39.2 Å². The van der Waals surface area contributed by atoms with Crippen molar-refractivity contribution >= 4 is 27.6 Å². The molecule has 0 bridgehead atoms. The summed E-state index contributed by atoms with van der Waals surface area (Å²) >= 11 is 0. The van der Waals surface area contributed by atoms with Gasteiger partial charge in [-0.25, -0.2) is 0 Å². The lowest BCUT2D eigenvalue weighted by atomic mass is 9.91. The molecule has 0 fully saturated rings. The molecular weight excluding hydrogens is 322 g/mol. The van der Waals surface area contributed by atoms with Crippen molar-refractivity contribution in [3.63, 3.8) is 0 Å². The van der Waals surface area contributed by atoms with Crippen LogP contribution in [0.15, 0.2) is 78.9 Å². The van der Waals surface area contributed by atoms with Crippen molar-refractivity contribution in [2.24, 2.45) is 0 Å². The van der Waals surface area contributed by atoms with Gasteiger partial charge in [0.05, 0.1) is 17.8 Å². The summed E-state index contributed by atoms with van der Waals surface area (Å²) in [4.78, 5) is 17.7. The van der Waals surface area contributed by atoms with E-state index in [0.717, 1.165) is 32.9 Å². The Morgan fingerprint density at radius 2 is 1.46 bits per heavy atom. The molecule has 1 unspecified atom stereocenters. The molecule has 0 N–H and O–H groups in total. The summed E-state index contributed by atoms with van der Waals surface area (Å²) in [6, 6.07) is 25.8. The number of pyridine rings is 1. The van der Waals surface area contributed by atoms with Gasteiger partial charge in [-0.2, -0.15) is 0 Å². The number of esters is 1. The lowest BCUT2D eigenvalue weighted by Crippen LogP contribution is -2.19. The first-order valence-electron chi connectivity index (χ1n) is 8.78. The van der Waals surface area contributed by atoms with E-state index in [1.54, 1.807) is 0 Å². The van der Waals surface area contributed by atoms with Crippen molar-refractivity contribution in [2.45, 2.75) is 12.8 Å². The second kappa shape index (κ2) is 6.96. The Bertz CT molecular complexity index is 1070. The molecule has 4 rings (SSSR count). The Labute approximate surface area is 152 Å². The Hall–Kier alpha value is -3.20. The highest BCUT2D eigenvalue weighted by atomic mass is 16.5. The summed E-state index contributed by atoms with van der Waals surface area (Å²) in [5.74, 6) is -0.822. The normalized spacial score (nSPS) is 12.2. The van der Waals surface area contributed by atoms with Crippen molar-refractivity contribution < 1.29 is 9.53 Å². The molecule has 0 amide bonds. The molecule has 1 heterocycles. The number of para-hydroxylation sites is 1. The Balaban J connectivity index is 2.03. The van der Waals surface area contributed by atoms with Crippen LogP contribution in [0.5, 0.6) is 0 Å². The predicted molar refractivity (Wildman–Crippen MR) is 104 cm³/mol. The molecule has 0 aliphatic heterocycles. The molecule has 4 aromatic rings. The van der Waals surface area contributed by atoms with Gasteiger partial charge in [-0.05, 0) is 23.9 Å². The van der Waals surface area contributed by atoms with E-state index in [1.807, 2.05) is 73.7 Å². The van der Waals surface area contributed by atoms with Crippen LogP contribution in [0, 0.1) is 0 Å². The fraction of sp³-hybridized carbons (Fsp3) is 0.130. The van der Waals surface area contributed by atoms with E-state index in [2.05, 4.69) is 12.1 Å². The summed E-state index contributed by atoms with van der Waals surface area (Å²) in [5, 5.41) is 3.16. The van der Waals surface area contributed by atoms with Gasteiger partial charge in [-0.1, -0.05) is 72.8 Å². The zero-order valence-electron chi connectivity index (χ0n) is 14.6. The quantitative estimate of drug-likeness (QED) is 0.384. The Morgan fingerprint density at radius 3 is 2.19 bits per heavy atom. The van der Waals surface area contributed by atoms with E-state index in [0.29, 0.717) is 6.61 Å². The summed E-state index contributed by atoms with van der Waals surface area (Å²) < 4.78 is 5.39. The van der Waals surface area contributed by atoms with Crippen LogP contribution in [0.1, 0.15) is 24.1 Å². The molecule has 26 heavy (non-hydrogen) atoms. The molecule has 0 aliphatic rings. The summed E-state index contributed by atoms with van der Waals surface area (Å²) in [7, 11) is 0. The summed E-state index contributed by atoms with van der Waals surface area (Å²) in [6.07, 6.45) is 0. The molecule has 3 aromatic carbocycles. The van der Waals surface area contributed by atoms with Crippen LogP contribution in [0.3, 0.4) is 0 Å². The van der Waals surface area contributed by atoms with Crippen LogP contribution in [0.2, 0.25) is 0 Å². The molecule has 0 saturated heterocycles. The molecule has 0 spiro atoms. The second-order valence-electron chi connectivity index (χ2n) is 6.16. The van der Waals surface area contributed by atoms with Gasteiger partial charge in [-0.3, -0.25) is 9.78 Å². The molecular formula is C23H19NO2. The maximum Gasteiger partial charge on any atom is 0.319 e. The highest BCUT2D eigenvalue weighted by Gasteiger charge is 2.28. The van der Waals surface area contributed by atoms with Gasteiger partial charge >= 0.3 is 5.97 Å². The molecule has 128 valence electrons. The predicted octanol–water partition coefficient (Wildman–Crippen LogP) is 5.08. The van der Waals surface area contributed by atoms with Crippen LogP contribution in [-0.4, -0.2) is 17.6 Å². The first kappa shape index (κ1) is 16.3. The number of hydrogen-bond donors (Lipinski definition) is 0. The molecule has 0 radical (unpaired) electrons. The fourth-order valence-electron chi connectivity index (χ4n) is 3.43. The molecule has 1 aromatic heterocycles. The monoisotopic (exact) mass is 341 g/mol. The zero-order valence-corrected chi connectivity index (χ0v) is 14.6. The number of carbonyl (C=O) groups is 1. The van der Waals surface area contributed by atoms with E-state index in [-0.39, 0.29) is 5.97 Å². The van der Waals surface area contributed by atoms with E-state index >= 15 is 0 Å². The van der Waals surface area contributed by atoms with Crippen LogP contribution in [0.4, 0.5) is 0 Å². The van der Waals surface area contributed by atoms with Crippen molar-refractivity contribution in [3.8, 4) is 0 Å². The number of ether oxygens (including phenoxy) is 1. The van der Waals surface area contributed by atoms with Crippen LogP contribution >= 0.6 is 0 Å². The third-order valence-corrected chi connectivity index (χ3v) is 4.57. The lowest BCUT2D eigenvalue weighted by molar-refractivity contribution is -0.143. The molecule has 1 atom stereocenters. The van der Waals surface area contributed by atoms with Gasteiger partial charge in [-0.15, -0.1) is 0 Å². The Kier molecular flexibility index (Phi) is 4.36. The van der Waals surface area contributed by atoms with Crippen LogP contribution in [0.25, 0.3) is 21.7 Å². The van der Waals surface area contributed by atoms with Gasteiger partial charge < -0.3 is 4.74 Å².